The molecular weight excluding hydrogens is 707 g/mol. The number of methoxy groups -OCH3 is 2. The molecule has 0 spiro atoms. The van der Waals surface area contributed by atoms with Crippen LogP contribution < -0.4 is 11.1 Å². The van der Waals surface area contributed by atoms with Crippen molar-refractivity contribution in [2.45, 2.75) is 72.9 Å². The van der Waals surface area contributed by atoms with Gasteiger partial charge in [-0.1, -0.05) is 68.9 Å². The number of esters is 2. The van der Waals surface area contributed by atoms with Gasteiger partial charge >= 0.3 is 35.6 Å². The number of hydrogen-bond acceptors (Lipinski definition) is 16. The first kappa shape index (κ1) is 50.3. The average Bonchev–Trinajstić information content (AvgIpc) is 2.96. The fraction of sp³-hybridized carbons (Fsp3) is 0.481. The lowest BCUT2D eigenvalue weighted by Gasteiger charge is -2.16. The Morgan fingerprint density at radius 3 is 1.60 bits per heavy atom. The minimum atomic E-state index is -0.700. The van der Waals surface area contributed by atoms with E-state index < -0.39 is 27.9 Å². The number of carbonyl (C=O) groups excluding carboxylic acids is 6. The Balaban J connectivity index is -0.000000295. The van der Waals surface area contributed by atoms with Crippen molar-refractivity contribution in [2.24, 2.45) is 5.73 Å². The van der Waals surface area contributed by atoms with Crippen LogP contribution in [0.2, 0.25) is 15.5 Å². The van der Waals surface area contributed by atoms with Crippen LogP contribution >= 0.6 is 34.8 Å². The molecule has 0 unspecified atom stereocenters. The molecular formula is C27H37Cl3N6O12. The number of nitrogens with two attached hydrogens (primary N) is 1. The van der Waals surface area contributed by atoms with Crippen LogP contribution in [0.25, 0.3) is 0 Å². The summed E-state index contributed by atoms with van der Waals surface area (Å²) in [5, 5.41) is 24.3. The molecule has 0 amide bonds. The van der Waals surface area contributed by atoms with Crippen molar-refractivity contribution in [2.75, 3.05) is 19.5 Å². The summed E-state index contributed by atoms with van der Waals surface area (Å²) in [6, 6.07) is 1.66. The van der Waals surface area contributed by atoms with Crippen LogP contribution in [-0.4, -0.2) is 70.4 Å². The van der Waals surface area contributed by atoms with Crippen molar-refractivity contribution < 1.29 is 48.1 Å². The van der Waals surface area contributed by atoms with E-state index in [9.17, 15) is 29.8 Å². The molecule has 2 heterocycles. The molecule has 3 N–H and O–H groups in total. The highest BCUT2D eigenvalue weighted by Gasteiger charge is 2.26. The molecule has 2 rings (SSSR count). The lowest BCUT2D eigenvalue weighted by Crippen LogP contribution is -2.31. The maximum absolute atomic E-state index is 11.6. The zero-order valence-corrected chi connectivity index (χ0v) is 28.3. The third-order valence-corrected chi connectivity index (χ3v) is 5.76. The fourth-order valence-corrected chi connectivity index (χ4v) is 4.04. The topological polar surface area (TPSA) is 271 Å². The van der Waals surface area contributed by atoms with Crippen LogP contribution in [0.5, 0.6) is 0 Å². The molecule has 0 saturated heterocycles. The van der Waals surface area contributed by atoms with E-state index in [1.807, 2.05) is 13.8 Å². The van der Waals surface area contributed by atoms with Crippen LogP contribution in [-0.2, 0) is 38.2 Å². The van der Waals surface area contributed by atoms with Gasteiger partial charge in [-0.2, -0.15) is 19.2 Å². The molecule has 48 heavy (non-hydrogen) atoms. The van der Waals surface area contributed by atoms with E-state index in [4.69, 9.17) is 59.7 Å². The van der Waals surface area contributed by atoms with Gasteiger partial charge in [-0.15, -0.1) is 0 Å². The Bertz CT molecular complexity index is 1370. The Kier molecular flexibility index (Phi) is 30.0. The van der Waals surface area contributed by atoms with Crippen LogP contribution in [0.3, 0.4) is 0 Å². The normalized spacial score (nSPS) is 10.1. The zero-order chi connectivity index (χ0) is 37.3. The number of nitrogens with zero attached hydrogens (tertiary/aromatic N) is 4. The van der Waals surface area contributed by atoms with Gasteiger partial charge in [-0.25, -0.2) is 14.8 Å². The lowest BCUT2D eigenvalue weighted by atomic mass is 10.1. The summed E-state index contributed by atoms with van der Waals surface area (Å²) in [6.07, 6.45) is 3.29. The third kappa shape index (κ3) is 20.5. The molecule has 0 radical (unpaired) electrons. The first-order valence-corrected chi connectivity index (χ1v) is 14.1. The second kappa shape index (κ2) is 28.6. The van der Waals surface area contributed by atoms with Crippen molar-refractivity contribution in [3.63, 3.8) is 0 Å². The molecule has 2 aromatic rings. The number of hydrogen-bond donors (Lipinski definition) is 2. The number of rotatable bonds is 10. The number of nitrogens with one attached hydrogen (secondary N) is 1. The van der Waals surface area contributed by atoms with Gasteiger partial charge in [0.1, 0.15) is 22.4 Å². The Morgan fingerprint density at radius 1 is 0.854 bits per heavy atom. The van der Waals surface area contributed by atoms with E-state index in [1.165, 1.54) is 26.4 Å². The molecule has 0 saturated carbocycles. The molecule has 0 aliphatic heterocycles. The summed E-state index contributed by atoms with van der Waals surface area (Å²) in [4.78, 5) is 82.5. The number of halogens is 3. The smallest absolute Gasteiger partial charge is 0.373 e. The van der Waals surface area contributed by atoms with Crippen LogP contribution in [0, 0.1) is 34.1 Å². The van der Waals surface area contributed by atoms with Crippen molar-refractivity contribution in [1.29, 1.82) is 0 Å². The van der Waals surface area contributed by atoms with E-state index in [2.05, 4.69) is 24.8 Å². The summed E-state index contributed by atoms with van der Waals surface area (Å²) in [5.74, 6) is -0.846. The van der Waals surface area contributed by atoms with Gasteiger partial charge in [0.2, 0.25) is 11.0 Å². The third-order valence-electron chi connectivity index (χ3n) is 5.10. The van der Waals surface area contributed by atoms with E-state index in [-0.39, 0.29) is 58.4 Å². The monoisotopic (exact) mass is 742 g/mol. The molecule has 2 aromatic heterocycles. The minimum absolute atomic E-state index is 0. The molecule has 0 fully saturated rings. The summed E-state index contributed by atoms with van der Waals surface area (Å²) < 4.78 is 9.07. The molecule has 0 aliphatic carbocycles. The maximum Gasteiger partial charge on any atom is 0.373 e. The molecule has 268 valence electrons. The summed E-state index contributed by atoms with van der Waals surface area (Å²) in [6.45, 7) is 6.98. The fourth-order valence-electron chi connectivity index (χ4n) is 3.19. The number of aromatic nitrogens is 2. The Labute approximate surface area is 290 Å². The van der Waals surface area contributed by atoms with Crippen LogP contribution in [0.15, 0.2) is 12.1 Å². The number of anilines is 1. The Morgan fingerprint density at radius 2 is 1.25 bits per heavy atom. The highest BCUT2D eigenvalue weighted by Crippen LogP contribution is 2.30. The maximum atomic E-state index is 11.6. The summed E-state index contributed by atoms with van der Waals surface area (Å²) >= 11 is 16.8. The quantitative estimate of drug-likeness (QED) is 0.139. The molecule has 0 aliphatic rings. The number of aryl methyl sites for hydroxylation is 2. The first-order chi connectivity index (χ1) is 22.0. The SMILES string of the molecule is C.CCC[C@H](N)C(=O)OC.CCC[C@H](Nc1nc(Cl)cc(C)c1[N+](=O)[O-])C(=O)OC.Cc1cc(Cl)nc(Cl)c1[N+](=O)[O-].O=C=O.O=C=O. The predicted molar refractivity (Wildman–Crippen MR) is 172 cm³/mol. The van der Waals surface area contributed by atoms with Gasteiger partial charge in [0.25, 0.3) is 0 Å². The molecule has 0 bridgehead atoms. The van der Waals surface area contributed by atoms with Gasteiger partial charge in [-0.3, -0.25) is 25.0 Å². The van der Waals surface area contributed by atoms with E-state index in [0.29, 0.717) is 30.4 Å². The number of carbonyl (C=O) groups is 2. The first-order valence-electron chi connectivity index (χ1n) is 12.9. The largest absolute Gasteiger partial charge is 0.468 e. The van der Waals surface area contributed by atoms with Crippen molar-refractivity contribution >= 4 is 76.2 Å². The number of nitro groups is 2. The average molecular weight is 744 g/mol. The summed E-state index contributed by atoms with van der Waals surface area (Å²) in [7, 11) is 2.61. The Hall–Kier alpha value is -4.57. The second-order valence-electron chi connectivity index (χ2n) is 8.47. The molecule has 21 heteroatoms. The number of ether oxygens (including phenoxy) is 2. The van der Waals surface area contributed by atoms with Crippen LogP contribution in [0.1, 0.15) is 58.1 Å². The minimum Gasteiger partial charge on any atom is -0.468 e. The van der Waals surface area contributed by atoms with E-state index >= 15 is 0 Å². The molecule has 2 atom stereocenters. The van der Waals surface area contributed by atoms with Gasteiger partial charge in [0, 0.05) is 11.1 Å². The summed E-state index contributed by atoms with van der Waals surface area (Å²) in [5.41, 5.74) is 5.76. The molecule has 0 aromatic carbocycles. The van der Waals surface area contributed by atoms with Crippen molar-refractivity contribution in [3.8, 4) is 0 Å². The van der Waals surface area contributed by atoms with E-state index in [1.54, 1.807) is 13.8 Å². The zero-order valence-electron chi connectivity index (χ0n) is 26.0. The van der Waals surface area contributed by atoms with Crippen molar-refractivity contribution in [3.05, 3.63) is 58.9 Å². The second-order valence-corrected chi connectivity index (χ2v) is 9.60. The highest BCUT2D eigenvalue weighted by atomic mass is 35.5. The van der Waals surface area contributed by atoms with Gasteiger partial charge in [0.15, 0.2) is 0 Å². The predicted octanol–water partition coefficient (Wildman–Crippen LogP) is 5.07. The van der Waals surface area contributed by atoms with Gasteiger partial charge < -0.3 is 20.5 Å². The van der Waals surface area contributed by atoms with Gasteiger partial charge in [-0.05, 0) is 38.8 Å². The number of pyridine rings is 2. The standard InChI is InChI=1S/C12H16ClN3O4.C6H4Cl2N2O2.C6H13NO2.2CO2.CH4/c1-4-5-8(12(17)20-3)14-11-10(16(18)19)7(2)6-9(13)15-11;1-3-2-4(7)9-6(8)5(3)10(11)12;1-3-4-5(7)6(8)9-2;2*2-1-3;/h6,8H,4-5H2,1-3H3,(H,14,15);2H,1H3;5H,3-4,7H2,1-2H3;;;1H4/t8-;;5-;;;/m0.0.../s1. The van der Waals surface area contributed by atoms with Crippen LogP contribution in [0.4, 0.5) is 17.2 Å². The van der Waals surface area contributed by atoms with E-state index in [0.717, 1.165) is 6.42 Å². The highest BCUT2D eigenvalue weighted by molar-refractivity contribution is 6.34. The van der Waals surface area contributed by atoms with Gasteiger partial charge in [0.05, 0.1) is 24.1 Å². The molecule has 18 nitrogen and oxygen atoms in total. The van der Waals surface area contributed by atoms with Crippen molar-refractivity contribution in [1.82, 2.24) is 9.97 Å². The lowest BCUT2D eigenvalue weighted by molar-refractivity contribution is -0.385.